The van der Waals surface area contributed by atoms with Crippen LogP contribution < -0.4 is 0 Å². The number of hydrogen-bond donors (Lipinski definition) is 7. The average molecular weight is 743 g/mol. The van der Waals surface area contributed by atoms with Gasteiger partial charge in [-0.1, -0.05) is 76.6 Å². The van der Waals surface area contributed by atoms with Crippen molar-refractivity contribution in [2.75, 3.05) is 19.8 Å². The lowest BCUT2D eigenvalue weighted by atomic mass is 9.33. The summed E-state index contributed by atoms with van der Waals surface area (Å²) in [5.74, 6) is -1.23. The molecule has 0 radical (unpaired) electrons. The lowest BCUT2D eigenvalue weighted by Gasteiger charge is -2.72. The molecule has 1 aromatic rings. The summed E-state index contributed by atoms with van der Waals surface area (Å²) < 4.78 is 19.2. The van der Waals surface area contributed by atoms with Gasteiger partial charge in [-0.05, 0) is 96.3 Å². The van der Waals surface area contributed by atoms with Crippen LogP contribution in [0.15, 0.2) is 42.0 Å². The van der Waals surface area contributed by atoms with Gasteiger partial charge in [0, 0.05) is 12.0 Å². The van der Waals surface area contributed by atoms with Gasteiger partial charge in [0.25, 0.3) is 0 Å². The first-order valence-corrected chi connectivity index (χ1v) is 19.7. The van der Waals surface area contributed by atoms with Gasteiger partial charge >= 0.3 is 5.97 Å². The Morgan fingerprint density at radius 2 is 1.60 bits per heavy atom. The minimum absolute atomic E-state index is 0.0228. The molecule has 1 aliphatic heterocycles. The van der Waals surface area contributed by atoms with Crippen molar-refractivity contribution >= 4 is 5.97 Å². The number of hydrogen-bond acceptors (Lipinski definition) is 10. The van der Waals surface area contributed by atoms with Crippen LogP contribution in [0, 0.1) is 50.2 Å². The highest BCUT2D eigenvalue weighted by Crippen LogP contribution is 2.76. The van der Waals surface area contributed by atoms with E-state index in [1.807, 2.05) is 44.2 Å². The zero-order valence-electron chi connectivity index (χ0n) is 32.0. The molecule has 0 amide bonds. The van der Waals surface area contributed by atoms with E-state index >= 15 is 0 Å². The molecule has 11 nitrogen and oxygen atoms in total. The van der Waals surface area contributed by atoms with Crippen LogP contribution in [0.2, 0.25) is 0 Å². The van der Waals surface area contributed by atoms with Crippen LogP contribution in [0.3, 0.4) is 0 Å². The Kier molecular flexibility index (Phi) is 10.1. The number of benzene rings is 1. The van der Waals surface area contributed by atoms with Crippen molar-refractivity contribution in [2.24, 2.45) is 50.2 Å². The number of allylic oxidation sites excluding steroid dienone is 2. The van der Waals surface area contributed by atoms with E-state index < -0.39 is 71.0 Å². The molecule has 6 aliphatic rings. The van der Waals surface area contributed by atoms with E-state index in [-0.39, 0.29) is 54.3 Å². The van der Waals surface area contributed by atoms with Gasteiger partial charge in [0.05, 0.1) is 38.1 Å². The smallest absolute Gasteiger partial charge is 0.312 e. The normalized spacial score (nSPS) is 50.9. The van der Waals surface area contributed by atoms with Gasteiger partial charge in [0.15, 0.2) is 6.29 Å². The molecule has 16 atom stereocenters. The second-order valence-electron chi connectivity index (χ2n) is 19.1. The lowest BCUT2D eigenvalue weighted by Crippen LogP contribution is -2.70. The molecule has 5 fully saturated rings. The number of rotatable bonds is 8. The van der Waals surface area contributed by atoms with E-state index in [1.54, 1.807) is 0 Å². The Balaban J connectivity index is 1.28. The first-order valence-electron chi connectivity index (χ1n) is 19.7. The first-order chi connectivity index (χ1) is 24.9. The lowest BCUT2D eigenvalue weighted by molar-refractivity contribution is -0.332. The molecule has 0 unspecified atom stereocenters. The van der Waals surface area contributed by atoms with E-state index in [4.69, 9.17) is 14.2 Å². The topological polar surface area (TPSA) is 186 Å². The third kappa shape index (κ3) is 5.73. The summed E-state index contributed by atoms with van der Waals surface area (Å²) in [5.41, 5.74) is -1.58. The largest absolute Gasteiger partial charge is 0.481 e. The van der Waals surface area contributed by atoms with Crippen LogP contribution in [0.1, 0.15) is 91.5 Å². The Labute approximate surface area is 313 Å². The van der Waals surface area contributed by atoms with Crippen LogP contribution in [-0.2, 0) is 25.6 Å². The highest BCUT2D eigenvalue weighted by Gasteiger charge is 2.72. The molecule has 296 valence electrons. The Hall–Kier alpha value is -1.93. The van der Waals surface area contributed by atoms with Crippen LogP contribution in [0.25, 0.3) is 0 Å². The number of carbonyl (C=O) groups is 1. The molecular formula is C42H62O11. The Bertz CT molecular complexity index is 1550. The molecule has 4 saturated carbocycles. The SMILES string of the molecule is C[C@]1(CO)C[C@H](O)[C@]2(C(=O)O)CC[C@]3(C)C(=CC[C@@H]4[C@@]5(C)C[C@@H](OCc6ccccc6)[C@@H](O[C@@H]6OC[C@@H](O)[C@H](O)[C@H]6O)[C@@](C)(CO)[C@H]5CC[C@]43C)[C@@H]2C1. The Morgan fingerprint density at radius 1 is 0.887 bits per heavy atom. The molecule has 7 rings (SSSR count). The molecule has 5 aliphatic carbocycles. The van der Waals surface area contributed by atoms with Gasteiger partial charge in [0.2, 0.25) is 0 Å². The maximum atomic E-state index is 13.2. The van der Waals surface area contributed by atoms with E-state index in [0.717, 1.165) is 24.0 Å². The first kappa shape index (κ1) is 39.3. The number of carboxylic acid groups (broad SMARTS) is 1. The summed E-state index contributed by atoms with van der Waals surface area (Å²) in [6, 6.07) is 9.86. The summed E-state index contributed by atoms with van der Waals surface area (Å²) >= 11 is 0. The van der Waals surface area contributed by atoms with Crippen molar-refractivity contribution in [3.8, 4) is 0 Å². The number of aliphatic hydroxyl groups is 6. The standard InChI is InChI=1S/C42H62O11/c1-37(22-43)17-26-25-11-12-30-38(2)18-28(51-20-24-9-7-6-8-10-24)34(53-35-33(48)32(47)27(45)21-52-35)39(3,23-44)29(38)13-14-41(30,5)40(25,4)15-16-42(26,36(49)50)31(46)19-37/h6-11,26-35,43-48H,12-23H2,1-5H3,(H,49,50)/t26-,27+,28+,29-,30+,31-,32-,33+,34+,35-,37+,38-,39-,40+,41+,42-/m0/s1. The molecule has 7 N–H and O–H groups in total. The minimum atomic E-state index is -1.49. The molecule has 11 heteroatoms. The van der Waals surface area contributed by atoms with Crippen molar-refractivity contribution in [1.29, 1.82) is 0 Å². The third-order valence-corrected chi connectivity index (χ3v) is 16.4. The van der Waals surface area contributed by atoms with Gasteiger partial charge < -0.3 is 50.0 Å². The fourth-order valence-electron chi connectivity index (χ4n) is 13.2. The van der Waals surface area contributed by atoms with Gasteiger partial charge in [0.1, 0.15) is 23.7 Å². The average Bonchev–Trinajstić information content (AvgIpc) is 3.12. The van der Waals surface area contributed by atoms with Crippen molar-refractivity contribution in [3.63, 3.8) is 0 Å². The highest BCUT2D eigenvalue weighted by molar-refractivity contribution is 5.77. The predicted molar refractivity (Wildman–Crippen MR) is 194 cm³/mol. The van der Waals surface area contributed by atoms with Gasteiger partial charge in [-0.15, -0.1) is 0 Å². The van der Waals surface area contributed by atoms with Crippen LogP contribution in [0.5, 0.6) is 0 Å². The monoisotopic (exact) mass is 742 g/mol. The number of carboxylic acids is 1. The quantitative estimate of drug-likeness (QED) is 0.152. The Morgan fingerprint density at radius 3 is 2.26 bits per heavy atom. The number of aliphatic hydroxyl groups excluding tert-OH is 6. The third-order valence-electron chi connectivity index (χ3n) is 16.4. The molecule has 53 heavy (non-hydrogen) atoms. The second kappa shape index (κ2) is 13.6. The highest BCUT2D eigenvalue weighted by atomic mass is 16.7. The summed E-state index contributed by atoms with van der Waals surface area (Å²) in [6.07, 6.45) is -0.739. The zero-order chi connectivity index (χ0) is 38.4. The van der Waals surface area contributed by atoms with Crippen molar-refractivity contribution in [2.45, 2.75) is 136 Å². The molecule has 0 spiro atoms. The van der Waals surface area contributed by atoms with Crippen molar-refractivity contribution < 1.29 is 54.8 Å². The molecule has 0 bridgehead atoms. The van der Waals surface area contributed by atoms with Crippen LogP contribution in [-0.4, -0.2) is 104 Å². The number of ether oxygens (including phenoxy) is 3. The van der Waals surface area contributed by atoms with Crippen molar-refractivity contribution in [3.05, 3.63) is 47.5 Å². The summed E-state index contributed by atoms with van der Waals surface area (Å²) in [5, 5.41) is 75.9. The molecule has 1 heterocycles. The van der Waals surface area contributed by atoms with Crippen molar-refractivity contribution in [1.82, 2.24) is 0 Å². The second-order valence-corrected chi connectivity index (χ2v) is 19.1. The molecule has 1 aromatic carbocycles. The number of aliphatic carboxylic acids is 1. The van der Waals surface area contributed by atoms with Gasteiger partial charge in [-0.2, -0.15) is 0 Å². The van der Waals surface area contributed by atoms with Crippen LogP contribution >= 0.6 is 0 Å². The minimum Gasteiger partial charge on any atom is -0.481 e. The van der Waals surface area contributed by atoms with E-state index in [2.05, 4.69) is 26.8 Å². The summed E-state index contributed by atoms with van der Waals surface area (Å²) in [6.45, 7) is 10.8. The molecule has 0 aromatic heterocycles. The fraction of sp³-hybridized carbons (Fsp3) is 0.786. The fourth-order valence-corrected chi connectivity index (χ4v) is 13.2. The maximum Gasteiger partial charge on any atom is 0.312 e. The summed E-state index contributed by atoms with van der Waals surface area (Å²) in [7, 11) is 0. The van der Waals surface area contributed by atoms with Gasteiger partial charge in [-0.25, -0.2) is 0 Å². The summed E-state index contributed by atoms with van der Waals surface area (Å²) in [4.78, 5) is 13.2. The predicted octanol–water partition coefficient (Wildman–Crippen LogP) is 3.81. The van der Waals surface area contributed by atoms with E-state index in [9.17, 15) is 40.5 Å². The molecule has 1 saturated heterocycles. The van der Waals surface area contributed by atoms with E-state index in [1.165, 1.54) is 0 Å². The maximum absolute atomic E-state index is 13.2. The number of fused-ring (bicyclic) bond motifs is 7. The zero-order valence-corrected chi connectivity index (χ0v) is 32.0. The van der Waals surface area contributed by atoms with Crippen LogP contribution in [0.4, 0.5) is 0 Å². The molecular weight excluding hydrogens is 680 g/mol. The van der Waals surface area contributed by atoms with Gasteiger partial charge in [-0.3, -0.25) is 4.79 Å². The van der Waals surface area contributed by atoms with E-state index in [0.29, 0.717) is 38.7 Å².